The van der Waals surface area contributed by atoms with Gasteiger partial charge in [-0.25, -0.2) is 0 Å². The fraction of sp³-hybridized carbons (Fsp3) is 0.481. The van der Waals surface area contributed by atoms with Crippen molar-refractivity contribution in [2.75, 3.05) is 0 Å². The number of carbonyl (C=O) groups excluding carboxylic acids is 2. The first-order valence-electron chi connectivity index (χ1n) is 11.8. The van der Waals surface area contributed by atoms with Crippen molar-refractivity contribution in [3.05, 3.63) is 69.7 Å². The molecule has 0 aliphatic heterocycles. The van der Waals surface area contributed by atoms with Gasteiger partial charge in [-0.05, 0) is 60.9 Å². The summed E-state index contributed by atoms with van der Waals surface area (Å²) in [4.78, 5) is 28.0. The van der Waals surface area contributed by atoms with Gasteiger partial charge in [0.05, 0.1) is 0 Å². The van der Waals surface area contributed by atoms with Gasteiger partial charge in [-0.3, -0.25) is 9.59 Å². The van der Waals surface area contributed by atoms with Gasteiger partial charge in [0.25, 0.3) is 0 Å². The van der Waals surface area contributed by atoms with Gasteiger partial charge in [-0.2, -0.15) is 0 Å². The van der Waals surface area contributed by atoms with E-state index in [1.807, 2.05) is 31.2 Å². The third kappa shape index (κ3) is 6.93. The molecule has 0 saturated heterocycles. The molecule has 1 atom stereocenters. The lowest BCUT2D eigenvalue weighted by atomic mass is 10.00. The van der Waals surface area contributed by atoms with Crippen LogP contribution in [0.25, 0.3) is 0 Å². The van der Waals surface area contributed by atoms with Gasteiger partial charge < -0.3 is 10.2 Å². The Labute approximate surface area is 200 Å². The molecule has 0 spiro atoms. The van der Waals surface area contributed by atoms with Crippen LogP contribution in [-0.2, 0) is 22.6 Å². The maximum atomic E-state index is 13.3. The molecular formula is C27H35BrN2O2. The van der Waals surface area contributed by atoms with Crippen LogP contribution in [0.1, 0.15) is 75.5 Å². The van der Waals surface area contributed by atoms with Gasteiger partial charge in [-0.1, -0.05) is 79.0 Å². The zero-order chi connectivity index (χ0) is 23.1. The quantitative estimate of drug-likeness (QED) is 0.462. The minimum atomic E-state index is -0.505. The molecule has 2 aromatic carbocycles. The lowest BCUT2D eigenvalue weighted by molar-refractivity contribution is -0.140. The number of hydrogen-bond acceptors (Lipinski definition) is 2. The van der Waals surface area contributed by atoms with Crippen molar-refractivity contribution < 1.29 is 9.59 Å². The van der Waals surface area contributed by atoms with E-state index in [1.165, 1.54) is 5.56 Å². The van der Waals surface area contributed by atoms with Crippen LogP contribution < -0.4 is 5.32 Å². The van der Waals surface area contributed by atoms with E-state index in [0.717, 1.165) is 41.3 Å². The second-order valence-electron chi connectivity index (χ2n) is 9.21. The first kappa shape index (κ1) is 24.5. The number of hydrogen-bond donors (Lipinski definition) is 1. The highest BCUT2D eigenvalue weighted by Gasteiger charge is 2.28. The van der Waals surface area contributed by atoms with Crippen LogP contribution in [0.5, 0.6) is 0 Å². The predicted molar refractivity (Wildman–Crippen MR) is 133 cm³/mol. The number of aryl methyl sites for hydroxylation is 1. The van der Waals surface area contributed by atoms with Crippen molar-refractivity contribution in [2.45, 2.75) is 83.8 Å². The lowest BCUT2D eigenvalue weighted by Crippen LogP contribution is -2.49. The number of carbonyl (C=O) groups is 2. The number of nitrogens with one attached hydrogen (secondary N) is 1. The molecule has 1 aliphatic carbocycles. The van der Waals surface area contributed by atoms with Crippen molar-refractivity contribution in [2.24, 2.45) is 0 Å². The van der Waals surface area contributed by atoms with Crippen molar-refractivity contribution >= 4 is 27.7 Å². The molecule has 5 heteroatoms. The molecule has 1 N–H and O–H groups in total. The largest absolute Gasteiger partial charge is 0.352 e. The second-order valence-corrected chi connectivity index (χ2v) is 10.1. The van der Waals surface area contributed by atoms with E-state index in [4.69, 9.17) is 0 Å². The number of halogens is 1. The molecule has 172 valence electrons. The van der Waals surface area contributed by atoms with Crippen LogP contribution in [0.4, 0.5) is 0 Å². The smallest absolute Gasteiger partial charge is 0.242 e. The van der Waals surface area contributed by atoms with Crippen molar-refractivity contribution in [3.8, 4) is 0 Å². The summed E-state index contributed by atoms with van der Waals surface area (Å²) in [5.74, 6) is 0.449. The molecule has 0 heterocycles. The van der Waals surface area contributed by atoms with Crippen LogP contribution in [0.2, 0.25) is 0 Å². The normalized spacial score (nSPS) is 15.0. The summed E-state index contributed by atoms with van der Waals surface area (Å²) >= 11 is 3.46. The Hall–Kier alpha value is -2.14. The molecule has 32 heavy (non-hydrogen) atoms. The number of nitrogens with zero attached hydrogens (tertiary/aromatic N) is 1. The van der Waals surface area contributed by atoms with E-state index in [-0.39, 0.29) is 17.9 Å². The van der Waals surface area contributed by atoms with E-state index in [2.05, 4.69) is 59.4 Å². The van der Waals surface area contributed by atoms with Gasteiger partial charge in [0.15, 0.2) is 0 Å². The Bertz CT molecular complexity index is 887. The van der Waals surface area contributed by atoms with Gasteiger partial charge in [0.1, 0.15) is 6.04 Å². The first-order chi connectivity index (χ1) is 15.3. The molecule has 0 bridgehead atoms. The molecule has 0 radical (unpaired) electrons. The standard InChI is InChI=1S/C27H35BrN2O2/c1-19(2)23-13-8-21(9-14-23)12-17-26(31)30(18-22-10-15-24(28)16-11-22)20(3)27(32)29-25-6-4-5-7-25/h8-11,13-16,19-20,25H,4-7,12,17-18H2,1-3H3,(H,29,32)/t20-/m1/s1. The minimum Gasteiger partial charge on any atom is -0.352 e. The Kier molecular flexibility index (Phi) is 8.92. The van der Waals surface area contributed by atoms with Crippen LogP contribution in [0.3, 0.4) is 0 Å². The maximum absolute atomic E-state index is 13.3. The number of benzene rings is 2. The fourth-order valence-corrected chi connectivity index (χ4v) is 4.49. The summed E-state index contributed by atoms with van der Waals surface area (Å²) in [5, 5.41) is 3.16. The Morgan fingerprint density at radius 1 is 0.969 bits per heavy atom. The van der Waals surface area contributed by atoms with E-state index >= 15 is 0 Å². The van der Waals surface area contributed by atoms with Crippen LogP contribution in [-0.4, -0.2) is 28.8 Å². The molecule has 2 aromatic rings. The van der Waals surface area contributed by atoms with E-state index < -0.39 is 6.04 Å². The Morgan fingerprint density at radius 2 is 1.56 bits per heavy atom. The highest BCUT2D eigenvalue weighted by Crippen LogP contribution is 2.20. The molecule has 3 rings (SSSR count). The average molecular weight is 499 g/mol. The monoisotopic (exact) mass is 498 g/mol. The Morgan fingerprint density at radius 3 is 2.16 bits per heavy atom. The molecule has 1 aliphatic rings. The van der Waals surface area contributed by atoms with Gasteiger partial charge in [0.2, 0.25) is 11.8 Å². The first-order valence-corrected chi connectivity index (χ1v) is 12.6. The third-order valence-corrected chi connectivity index (χ3v) is 6.94. The summed E-state index contributed by atoms with van der Waals surface area (Å²) in [5.41, 5.74) is 3.46. The van der Waals surface area contributed by atoms with Crippen LogP contribution >= 0.6 is 15.9 Å². The predicted octanol–water partition coefficient (Wildman–Crippen LogP) is 5.98. The fourth-order valence-electron chi connectivity index (χ4n) is 4.23. The zero-order valence-corrected chi connectivity index (χ0v) is 21.0. The van der Waals surface area contributed by atoms with Gasteiger partial charge in [-0.15, -0.1) is 0 Å². The number of rotatable bonds is 9. The summed E-state index contributed by atoms with van der Waals surface area (Å²) in [6, 6.07) is 16.2. The molecule has 2 amide bonds. The third-order valence-electron chi connectivity index (χ3n) is 6.41. The molecule has 1 saturated carbocycles. The van der Waals surface area contributed by atoms with Crippen LogP contribution in [0, 0.1) is 0 Å². The summed E-state index contributed by atoms with van der Waals surface area (Å²) in [7, 11) is 0. The highest BCUT2D eigenvalue weighted by molar-refractivity contribution is 9.10. The highest BCUT2D eigenvalue weighted by atomic mass is 79.9. The minimum absolute atomic E-state index is 0.00919. The lowest BCUT2D eigenvalue weighted by Gasteiger charge is -2.30. The molecule has 4 nitrogen and oxygen atoms in total. The summed E-state index contributed by atoms with van der Waals surface area (Å²) < 4.78 is 0.996. The van der Waals surface area contributed by atoms with E-state index in [9.17, 15) is 9.59 Å². The van der Waals surface area contributed by atoms with Crippen molar-refractivity contribution in [3.63, 3.8) is 0 Å². The zero-order valence-electron chi connectivity index (χ0n) is 19.4. The maximum Gasteiger partial charge on any atom is 0.242 e. The van der Waals surface area contributed by atoms with Gasteiger partial charge >= 0.3 is 0 Å². The van der Waals surface area contributed by atoms with E-state index in [1.54, 1.807) is 4.90 Å². The summed E-state index contributed by atoms with van der Waals surface area (Å²) in [6.45, 7) is 6.63. The topological polar surface area (TPSA) is 49.4 Å². The Balaban J connectivity index is 1.68. The summed E-state index contributed by atoms with van der Waals surface area (Å²) in [6.07, 6.45) is 5.45. The van der Waals surface area contributed by atoms with Gasteiger partial charge in [0, 0.05) is 23.5 Å². The SMILES string of the molecule is CC(C)c1ccc(CCC(=O)N(Cc2ccc(Br)cc2)[C@H](C)C(=O)NC2CCCC2)cc1. The number of amides is 2. The molecule has 0 unspecified atom stereocenters. The second kappa shape index (κ2) is 11.6. The van der Waals surface area contributed by atoms with Crippen molar-refractivity contribution in [1.29, 1.82) is 0 Å². The van der Waals surface area contributed by atoms with Crippen molar-refractivity contribution in [1.82, 2.24) is 10.2 Å². The van der Waals surface area contributed by atoms with Crippen LogP contribution in [0.15, 0.2) is 53.0 Å². The van der Waals surface area contributed by atoms with E-state index in [0.29, 0.717) is 25.3 Å². The molecule has 0 aromatic heterocycles. The molecule has 1 fully saturated rings. The average Bonchev–Trinajstić information content (AvgIpc) is 3.30. The molecular weight excluding hydrogens is 464 g/mol.